The molecule has 0 saturated carbocycles. The summed E-state index contributed by atoms with van der Waals surface area (Å²) in [6.45, 7) is 0.00559. The third-order valence-electron chi connectivity index (χ3n) is 2.52. The van der Waals surface area contributed by atoms with Crippen LogP contribution in [0.5, 0.6) is 5.75 Å². The molecule has 0 amide bonds. The Balaban J connectivity index is 2.22. The standard InChI is InChI=1S/C14H10F4O/c15-11-6-10(14(17)18)13(7-12(11)16)19-8-9-4-2-1-3-5-9/h1-7,14H,8H2. The molecule has 1 nitrogen and oxygen atoms in total. The van der Waals surface area contributed by atoms with E-state index < -0.39 is 23.6 Å². The van der Waals surface area contributed by atoms with Gasteiger partial charge in [-0.3, -0.25) is 0 Å². The summed E-state index contributed by atoms with van der Waals surface area (Å²) in [7, 11) is 0. The normalized spacial score (nSPS) is 10.8. The van der Waals surface area contributed by atoms with Crippen LogP contribution in [0.2, 0.25) is 0 Å². The molecular weight excluding hydrogens is 260 g/mol. The lowest BCUT2D eigenvalue weighted by molar-refractivity contribution is 0.143. The highest BCUT2D eigenvalue weighted by molar-refractivity contribution is 5.36. The molecule has 0 heterocycles. The van der Waals surface area contributed by atoms with Crippen molar-refractivity contribution >= 4 is 0 Å². The Morgan fingerprint density at radius 1 is 0.947 bits per heavy atom. The minimum absolute atomic E-state index is 0.00559. The first-order chi connectivity index (χ1) is 9.08. The van der Waals surface area contributed by atoms with Gasteiger partial charge in [0, 0.05) is 6.07 Å². The van der Waals surface area contributed by atoms with Gasteiger partial charge in [-0.15, -0.1) is 0 Å². The molecular formula is C14H10F4O. The Labute approximate surface area is 107 Å². The van der Waals surface area contributed by atoms with Crippen LogP contribution in [-0.2, 0) is 6.61 Å². The van der Waals surface area contributed by atoms with Crippen LogP contribution < -0.4 is 4.74 Å². The first kappa shape index (κ1) is 13.4. The molecule has 0 aliphatic heterocycles. The fourth-order valence-corrected chi connectivity index (χ4v) is 1.57. The molecule has 0 aromatic heterocycles. The van der Waals surface area contributed by atoms with Gasteiger partial charge in [-0.25, -0.2) is 17.6 Å². The second kappa shape index (κ2) is 5.73. The molecule has 0 spiro atoms. The maximum Gasteiger partial charge on any atom is 0.267 e. The molecule has 0 atom stereocenters. The highest BCUT2D eigenvalue weighted by atomic mass is 19.3. The lowest BCUT2D eigenvalue weighted by atomic mass is 10.2. The van der Waals surface area contributed by atoms with E-state index in [0.717, 1.165) is 5.56 Å². The maximum atomic E-state index is 13.0. The predicted octanol–water partition coefficient (Wildman–Crippen LogP) is 4.48. The molecule has 0 unspecified atom stereocenters. The van der Waals surface area contributed by atoms with Gasteiger partial charge in [0.25, 0.3) is 6.43 Å². The third-order valence-corrected chi connectivity index (χ3v) is 2.52. The monoisotopic (exact) mass is 270 g/mol. The van der Waals surface area contributed by atoms with E-state index in [1.54, 1.807) is 30.3 Å². The summed E-state index contributed by atoms with van der Waals surface area (Å²) in [6.07, 6.45) is -2.93. The van der Waals surface area contributed by atoms with E-state index in [0.29, 0.717) is 12.1 Å². The molecule has 5 heteroatoms. The van der Waals surface area contributed by atoms with Crippen LogP contribution in [0.3, 0.4) is 0 Å². The summed E-state index contributed by atoms with van der Waals surface area (Å²) >= 11 is 0. The molecule has 2 aromatic rings. The summed E-state index contributed by atoms with van der Waals surface area (Å²) in [5.74, 6) is -2.88. The molecule has 0 aliphatic carbocycles. The number of ether oxygens (including phenoxy) is 1. The van der Waals surface area contributed by atoms with Gasteiger partial charge in [0.05, 0.1) is 5.56 Å². The summed E-state index contributed by atoms with van der Waals surface area (Å²) in [5, 5.41) is 0. The van der Waals surface area contributed by atoms with Gasteiger partial charge in [-0.2, -0.15) is 0 Å². The van der Waals surface area contributed by atoms with Gasteiger partial charge in [0.1, 0.15) is 12.4 Å². The average molecular weight is 270 g/mol. The second-order valence-electron chi connectivity index (χ2n) is 3.88. The SMILES string of the molecule is Fc1cc(OCc2ccccc2)c(C(F)F)cc1F. The third kappa shape index (κ3) is 3.24. The lowest BCUT2D eigenvalue weighted by Gasteiger charge is -2.11. The van der Waals surface area contributed by atoms with Crippen molar-refractivity contribution in [2.45, 2.75) is 13.0 Å². The summed E-state index contributed by atoms with van der Waals surface area (Å²) in [6, 6.07) is 9.89. The van der Waals surface area contributed by atoms with E-state index in [1.807, 2.05) is 0 Å². The molecule has 19 heavy (non-hydrogen) atoms. The van der Waals surface area contributed by atoms with Gasteiger partial charge in [0.15, 0.2) is 11.6 Å². The van der Waals surface area contributed by atoms with Crippen LogP contribution >= 0.6 is 0 Å². The largest absolute Gasteiger partial charge is 0.488 e. The topological polar surface area (TPSA) is 9.23 Å². The Hall–Kier alpha value is -2.04. The van der Waals surface area contributed by atoms with E-state index in [4.69, 9.17) is 4.74 Å². The van der Waals surface area contributed by atoms with Gasteiger partial charge >= 0.3 is 0 Å². The maximum absolute atomic E-state index is 13.0. The van der Waals surface area contributed by atoms with Crippen molar-refractivity contribution in [1.29, 1.82) is 0 Å². The van der Waals surface area contributed by atoms with E-state index in [2.05, 4.69) is 0 Å². The summed E-state index contributed by atoms with van der Waals surface area (Å²) < 4.78 is 56.5. The van der Waals surface area contributed by atoms with Gasteiger partial charge in [-0.1, -0.05) is 30.3 Å². The number of halogens is 4. The summed E-state index contributed by atoms with van der Waals surface area (Å²) in [4.78, 5) is 0. The smallest absolute Gasteiger partial charge is 0.267 e. The van der Waals surface area contributed by atoms with Crippen molar-refractivity contribution in [3.63, 3.8) is 0 Å². The van der Waals surface area contributed by atoms with Crippen molar-refractivity contribution in [2.24, 2.45) is 0 Å². The van der Waals surface area contributed by atoms with Crippen molar-refractivity contribution in [2.75, 3.05) is 0 Å². The highest BCUT2D eigenvalue weighted by Gasteiger charge is 2.18. The van der Waals surface area contributed by atoms with Crippen LogP contribution in [-0.4, -0.2) is 0 Å². The first-order valence-corrected chi connectivity index (χ1v) is 5.51. The molecule has 100 valence electrons. The fraction of sp³-hybridized carbons (Fsp3) is 0.143. The highest BCUT2D eigenvalue weighted by Crippen LogP contribution is 2.31. The molecule has 2 rings (SSSR count). The summed E-state index contributed by atoms with van der Waals surface area (Å²) in [5.41, 5.74) is 0.0854. The number of hydrogen-bond acceptors (Lipinski definition) is 1. The van der Waals surface area contributed by atoms with Crippen LogP contribution in [0, 0.1) is 11.6 Å². The van der Waals surface area contributed by atoms with Crippen LogP contribution in [0.15, 0.2) is 42.5 Å². The second-order valence-corrected chi connectivity index (χ2v) is 3.88. The zero-order valence-corrected chi connectivity index (χ0v) is 9.75. The Kier molecular flexibility index (Phi) is 4.04. The van der Waals surface area contributed by atoms with Crippen molar-refractivity contribution < 1.29 is 22.3 Å². The quantitative estimate of drug-likeness (QED) is 0.744. The lowest BCUT2D eigenvalue weighted by Crippen LogP contribution is -2.01. The zero-order valence-electron chi connectivity index (χ0n) is 9.75. The molecule has 2 aromatic carbocycles. The fourth-order valence-electron chi connectivity index (χ4n) is 1.57. The molecule has 0 bridgehead atoms. The molecule has 0 radical (unpaired) electrons. The van der Waals surface area contributed by atoms with Crippen molar-refractivity contribution in [3.8, 4) is 5.75 Å². The number of rotatable bonds is 4. The van der Waals surface area contributed by atoms with E-state index in [-0.39, 0.29) is 12.4 Å². The van der Waals surface area contributed by atoms with E-state index >= 15 is 0 Å². The van der Waals surface area contributed by atoms with Crippen LogP contribution in [0.4, 0.5) is 17.6 Å². The van der Waals surface area contributed by atoms with Gasteiger partial charge < -0.3 is 4.74 Å². The predicted molar refractivity (Wildman–Crippen MR) is 62.1 cm³/mol. The first-order valence-electron chi connectivity index (χ1n) is 5.51. The average Bonchev–Trinajstić information content (AvgIpc) is 2.40. The van der Waals surface area contributed by atoms with Gasteiger partial charge in [-0.05, 0) is 11.6 Å². The van der Waals surface area contributed by atoms with Crippen molar-refractivity contribution in [1.82, 2.24) is 0 Å². The molecule has 0 saturated heterocycles. The van der Waals surface area contributed by atoms with Crippen molar-refractivity contribution in [3.05, 3.63) is 65.2 Å². The zero-order chi connectivity index (χ0) is 13.8. The van der Waals surface area contributed by atoms with E-state index in [9.17, 15) is 17.6 Å². The van der Waals surface area contributed by atoms with Crippen LogP contribution in [0.1, 0.15) is 17.6 Å². The number of benzene rings is 2. The van der Waals surface area contributed by atoms with E-state index in [1.165, 1.54) is 0 Å². The molecule has 0 aliphatic rings. The Morgan fingerprint density at radius 3 is 2.21 bits per heavy atom. The number of alkyl halides is 2. The van der Waals surface area contributed by atoms with Crippen LogP contribution in [0.25, 0.3) is 0 Å². The number of hydrogen-bond donors (Lipinski definition) is 0. The molecule has 0 N–H and O–H groups in total. The minimum atomic E-state index is -2.93. The molecule has 0 fully saturated rings. The minimum Gasteiger partial charge on any atom is -0.488 e. The Morgan fingerprint density at radius 2 is 1.58 bits per heavy atom. The van der Waals surface area contributed by atoms with Gasteiger partial charge in [0.2, 0.25) is 0 Å². The Bertz CT molecular complexity index is 555.